The van der Waals surface area contributed by atoms with Crippen LogP contribution in [-0.2, 0) is 24.2 Å². The number of allylic oxidation sites excluding steroid dienone is 2. The average molecular weight is 524 g/mol. The molecule has 0 heterocycles. The summed E-state index contributed by atoms with van der Waals surface area (Å²) in [6, 6.07) is 15.1. The highest BCUT2D eigenvalue weighted by Crippen LogP contribution is 2.54. The molecule has 2 aromatic rings. The number of rotatable bonds is 5. The Labute approximate surface area is 198 Å². The predicted molar refractivity (Wildman–Crippen MR) is 132 cm³/mol. The van der Waals surface area contributed by atoms with Gasteiger partial charge in [0.15, 0.2) is 0 Å². The minimum Gasteiger partial charge on any atom is -0.485 e. The molecule has 0 spiro atoms. The van der Waals surface area contributed by atoms with E-state index in [4.69, 9.17) is 9.47 Å². The van der Waals surface area contributed by atoms with Crippen molar-refractivity contribution in [3.63, 3.8) is 0 Å². The summed E-state index contributed by atoms with van der Waals surface area (Å²) in [5, 5.41) is 0. The number of ether oxygens (including phenoxy) is 2. The number of benzene rings is 2. The van der Waals surface area contributed by atoms with Crippen LogP contribution >= 0.6 is 22.6 Å². The number of fused-ring (bicyclic) bond motifs is 6. The van der Waals surface area contributed by atoms with Crippen LogP contribution in [0, 0.1) is 27.2 Å². The maximum Gasteiger partial charge on any atom is 0.133 e. The van der Waals surface area contributed by atoms with E-state index in [1.165, 1.54) is 52.4 Å². The second kappa shape index (κ2) is 8.40. The van der Waals surface area contributed by atoms with Crippen LogP contribution in [0.25, 0.3) is 0 Å². The molecule has 4 aliphatic carbocycles. The van der Waals surface area contributed by atoms with Gasteiger partial charge in [-0.1, -0.05) is 54.6 Å². The standard InChI is InChI=1S/C28H29IO2/c29-28-22-9-5-4-8-19(22)12-13-25(28)31-24-15-14-23(30-17-18-6-2-1-3-7-18)26-20-10-11-21(16-20)27(24)26/h1-3,6-7,10-15,20-21,23-24,26-27H,4-5,8-9,16-17H2/t20?,21?,23-,24-,26?,27?/m1/s1. The van der Waals surface area contributed by atoms with Gasteiger partial charge in [0, 0.05) is 11.8 Å². The molecular formula is C28H29IO2. The van der Waals surface area contributed by atoms with Gasteiger partial charge in [-0.2, -0.15) is 0 Å². The zero-order valence-electron chi connectivity index (χ0n) is 17.8. The van der Waals surface area contributed by atoms with Crippen LogP contribution in [0.15, 0.2) is 66.8 Å². The maximum atomic E-state index is 6.75. The summed E-state index contributed by atoms with van der Waals surface area (Å²) in [7, 11) is 0. The van der Waals surface area contributed by atoms with Crippen molar-refractivity contribution in [3.8, 4) is 5.75 Å². The van der Waals surface area contributed by atoms with Crippen LogP contribution in [0.5, 0.6) is 5.75 Å². The lowest BCUT2D eigenvalue weighted by Gasteiger charge is -2.40. The molecule has 0 aliphatic heterocycles. The Morgan fingerprint density at radius 3 is 2.39 bits per heavy atom. The minimum absolute atomic E-state index is 0.136. The van der Waals surface area contributed by atoms with E-state index < -0.39 is 0 Å². The highest BCUT2D eigenvalue weighted by atomic mass is 127. The van der Waals surface area contributed by atoms with E-state index in [1.54, 1.807) is 0 Å². The molecule has 0 aromatic heterocycles. The SMILES string of the molecule is Ic1c(O[C@@H]2C=C[C@@H](OCc3ccccc3)C3C4C=CC(C4)C32)ccc2c1CCCC2. The van der Waals surface area contributed by atoms with Gasteiger partial charge in [-0.25, -0.2) is 0 Å². The van der Waals surface area contributed by atoms with Crippen molar-refractivity contribution >= 4 is 22.6 Å². The molecule has 4 aliphatic rings. The molecule has 3 heteroatoms. The molecule has 0 radical (unpaired) electrons. The van der Waals surface area contributed by atoms with E-state index in [0.717, 1.165) is 5.75 Å². The van der Waals surface area contributed by atoms with Gasteiger partial charge >= 0.3 is 0 Å². The van der Waals surface area contributed by atoms with Gasteiger partial charge in [-0.15, -0.1) is 0 Å². The van der Waals surface area contributed by atoms with E-state index in [0.29, 0.717) is 30.3 Å². The molecule has 4 unspecified atom stereocenters. The minimum atomic E-state index is 0.136. The zero-order chi connectivity index (χ0) is 20.8. The normalized spacial score (nSPS) is 32.7. The quantitative estimate of drug-likeness (QED) is 0.328. The third kappa shape index (κ3) is 3.68. The molecule has 0 saturated heterocycles. The zero-order valence-corrected chi connectivity index (χ0v) is 19.9. The van der Waals surface area contributed by atoms with Crippen LogP contribution in [0.3, 0.4) is 0 Å². The third-order valence-electron chi connectivity index (χ3n) is 7.81. The third-order valence-corrected chi connectivity index (χ3v) is 8.99. The molecular weight excluding hydrogens is 495 g/mol. The van der Waals surface area contributed by atoms with E-state index in [-0.39, 0.29) is 12.2 Å². The van der Waals surface area contributed by atoms with E-state index in [2.05, 4.69) is 89.4 Å². The Balaban J connectivity index is 1.24. The lowest BCUT2D eigenvalue weighted by molar-refractivity contribution is -0.0206. The summed E-state index contributed by atoms with van der Waals surface area (Å²) >= 11 is 2.52. The molecule has 1 fully saturated rings. The van der Waals surface area contributed by atoms with Crippen molar-refractivity contribution in [3.05, 3.63) is 87.0 Å². The topological polar surface area (TPSA) is 18.5 Å². The molecule has 31 heavy (non-hydrogen) atoms. The Morgan fingerprint density at radius 1 is 0.806 bits per heavy atom. The number of halogens is 1. The van der Waals surface area contributed by atoms with Crippen molar-refractivity contribution < 1.29 is 9.47 Å². The van der Waals surface area contributed by atoms with Crippen molar-refractivity contribution in [1.29, 1.82) is 0 Å². The van der Waals surface area contributed by atoms with Crippen molar-refractivity contribution in [2.24, 2.45) is 23.7 Å². The first-order valence-corrected chi connectivity index (χ1v) is 12.8. The Kier molecular flexibility index (Phi) is 5.43. The number of hydrogen-bond donors (Lipinski definition) is 0. The van der Waals surface area contributed by atoms with Crippen molar-refractivity contribution in [1.82, 2.24) is 0 Å². The Morgan fingerprint density at radius 2 is 1.55 bits per heavy atom. The summed E-state index contributed by atoms with van der Waals surface area (Å²) in [6.45, 7) is 0.675. The van der Waals surface area contributed by atoms with Crippen molar-refractivity contribution in [2.75, 3.05) is 0 Å². The Bertz CT molecular complexity index is 1010. The highest BCUT2D eigenvalue weighted by molar-refractivity contribution is 14.1. The van der Waals surface area contributed by atoms with Gasteiger partial charge in [0.2, 0.25) is 0 Å². The van der Waals surface area contributed by atoms with Crippen LogP contribution in [0.2, 0.25) is 0 Å². The monoisotopic (exact) mass is 524 g/mol. The van der Waals surface area contributed by atoms with Gasteiger partial charge in [-0.3, -0.25) is 0 Å². The number of aryl methyl sites for hydroxylation is 1. The van der Waals surface area contributed by atoms with Crippen LogP contribution < -0.4 is 4.74 Å². The lowest BCUT2D eigenvalue weighted by atomic mass is 9.73. The molecule has 0 amide bonds. The van der Waals surface area contributed by atoms with E-state index in [1.807, 2.05) is 0 Å². The van der Waals surface area contributed by atoms with Gasteiger partial charge < -0.3 is 9.47 Å². The maximum absolute atomic E-state index is 6.75. The summed E-state index contributed by atoms with van der Waals surface area (Å²) in [4.78, 5) is 0. The summed E-state index contributed by atoms with van der Waals surface area (Å²) < 4.78 is 14.5. The summed E-state index contributed by atoms with van der Waals surface area (Å²) in [5.74, 6) is 3.33. The molecule has 6 rings (SSSR count). The average Bonchev–Trinajstić information content (AvgIpc) is 3.44. The fourth-order valence-corrected chi connectivity index (χ4v) is 7.27. The summed E-state index contributed by atoms with van der Waals surface area (Å²) in [6.07, 6.45) is 16.0. The van der Waals surface area contributed by atoms with Crippen molar-refractivity contribution in [2.45, 2.75) is 50.9 Å². The highest BCUT2D eigenvalue weighted by Gasteiger charge is 2.52. The smallest absolute Gasteiger partial charge is 0.133 e. The number of hydrogen-bond acceptors (Lipinski definition) is 2. The lowest BCUT2D eigenvalue weighted by Crippen LogP contribution is -2.43. The molecule has 2 nitrogen and oxygen atoms in total. The van der Waals surface area contributed by atoms with E-state index in [9.17, 15) is 0 Å². The fraction of sp³-hybridized carbons (Fsp3) is 0.429. The van der Waals surface area contributed by atoms with Gasteiger partial charge in [0.25, 0.3) is 0 Å². The molecule has 0 N–H and O–H groups in total. The first kappa shape index (κ1) is 20.0. The second-order valence-corrected chi connectivity index (χ2v) is 10.6. The van der Waals surface area contributed by atoms with Gasteiger partial charge in [0.05, 0.1) is 16.3 Å². The van der Waals surface area contributed by atoms with Crippen LogP contribution in [0.1, 0.15) is 36.0 Å². The molecule has 6 atom stereocenters. The van der Waals surface area contributed by atoms with Crippen LogP contribution in [0.4, 0.5) is 0 Å². The predicted octanol–water partition coefficient (Wildman–Crippen LogP) is 6.51. The molecule has 2 aromatic carbocycles. The summed E-state index contributed by atoms with van der Waals surface area (Å²) in [5.41, 5.74) is 4.29. The largest absolute Gasteiger partial charge is 0.485 e. The molecule has 1 saturated carbocycles. The van der Waals surface area contributed by atoms with E-state index >= 15 is 0 Å². The van der Waals surface area contributed by atoms with Gasteiger partial charge in [0.1, 0.15) is 11.9 Å². The first-order valence-electron chi connectivity index (χ1n) is 11.8. The molecule has 160 valence electrons. The first-order chi connectivity index (χ1) is 15.3. The Hall–Kier alpha value is -1.59. The molecule has 2 bridgehead atoms. The fourth-order valence-electron chi connectivity index (χ4n) is 6.35. The second-order valence-electron chi connectivity index (χ2n) is 9.55. The van der Waals surface area contributed by atoms with Crippen LogP contribution in [-0.4, -0.2) is 12.2 Å². The van der Waals surface area contributed by atoms with Gasteiger partial charge in [-0.05, 0) is 95.4 Å².